The van der Waals surface area contributed by atoms with Crippen molar-refractivity contribution in [1.82, 2.24) is 20.1 Å². The van der Waals surface area contributed by atoms with E-state index in [4.69, 9.17) is 16.3 Å². The Balaban J connectivity index is 1.46. The molecule has 3 rings (SSSR count). The first kappa shape index (κ1) is 24.6. The predicted molar refractivity (Wildman–Crippen MR) is 130 cm³/mol. The molecule has 1 atom stereocenters. The number of thioether (sulfide) groups is 1. The molecule has 1 aromatic heterocycles. The Hall–Kier alpha value is -3.04. The zero-order valence-corrected chi connectivity index (χ0v) is 20.2. The molecule has 0 fully saturated rings. The topological polar surface area (TPSA) is 98.1 Å². The number of ether oxygens (including phenoxy) is 1. The van der Waals surface area contributed by atoms with Gasteiger partial charge >= 0.3 is 0 Å². The quantitative estimate of drug-likeness (QED) is 0.421. The van der Waals surface area contributed by atoms with Crippen molar-refractivity contribution in [2.75, 3.05) is 11.1 Å². The fourth-order valence-corrected chi connectivity index (χ4v) is 3.71. The van der Waals surface area contributed by atoms with Gasteiger partial charge in [0.25, 0.3) is 5.91 Å². The molecule has 0 aliphatic rings. The molecule has 0 aliphatic heterocycles. The molecule has 8 nitrogen and oxygen atoms in total. The summed E-state index contributed by atoms with van der Waals surface area (Å²) >= 11 is 7.11. The highest BCUT2D eigenvalue weighted by atomic mass is 35.5. The van der Waals surface area contributed by atoms with Gasteiger partial charge in [-0.05, 0) is 55.3 Å². The van der Waals surface area contributed by atoms with E-state index in [0.717, 1.165) is 6.42 Å². The minimum atomic E-state index is -0.656. The molecule has 1 heterocycles. The zero-order valence-electron chi connectivity index (χ0n) is 18.7. The van der Waals surface area contributed by atoms with Crippen molar-refractivity contribution < 1.29 is 14.3 Å². The fourth-order valence-electron chi connectivity index (χ4n) is 2.86. The Bertz CT molecular complexity index is 1090. The summed E-state index contributed by atoms with van der Waals surface area (Å²) < 4.78 is 7.45. The van der Waals surface area contributed by atoms with Gasteiger partial charge in [0.2, 0.25) is 5.91 Å². The van der Waals surface area contributed by atoms with Gasteiger partial charge in [-0.25, -0.2) is 0 Å². The number of anilines is 1. The number of amides is 2. The SMILES string of the molecule is CCc1ccc(O[C@H](C)C(=O)NCc2nnc(SCC(=O)Nc3ccc(Cl)cc3)n2C)cc1. The van der Waals surface area contributed by atoms with E-state index in [1.165, 1.54) is 17.3 Å². The summed E-state index contributed by atoms with van der Waals surface area (Å²) in [7, 11) is 1.79. The maximum atomic E-state index is 12.4. The average Bonchev–Trinajstić information content (AvgIpc) is 3.17. The van der Waals surface area contributed by atoms with Crippen LogP contribution in [-0.4, -0.2) is 38.4 Å². The first-order valence-corrected chi connectivity index (χ1v) is 11.8. The Morgan fingerprint density at radius 3 is 2.48 bits per heavy atom. The summed E-state index contributed by atoms with van der Waals surface area (Å²) in [4.78, 5) is 24.6. The van der Waals surface area contributed by atoms with Crippen molar-refractivity contribution in [1.29, 1.82) is 0 Å². The van der Waals surface area contributed by atoms with Crippen LogP contribution in [0.3, 0.4) is 0 Å². The number of halogens is 1. The van der Waals surface area contributed by atoms with Crippen LogP contribution in [0.5, 0.6) is 5.75 Å². The molecule has 2 aromatic carbocycles. The zero-order chi connectivity index (χ0) is 23.8. The molecule has 0 bridgehead atoms. The summed E-state index contributed by atoms with van der Waals surface area (Å²) in [6.07, 6.45) is 0.289. The molecule has 0 saturated carbocycles. The second-order valence-electron chi connectivity index (χ2n) is 7.28. The number of hydrogen-bond donors (Lipinski definition) is 2. The lowest BCUT2D eigenvalue weighted by Crippen LogP contribution is -2.36. The summed E-state index contributed by atoms with van der Waals surface area (Å²) in [6, 6.07) is 14.6. The first-order valence-electron chi connectivity index (χ1n) is 10.5. The van der Waals surface area contributed by atoms with E-state index in [9.17, 15) is 9.59 Å². The van der Waals surface area contributed by atoms with E-state index < -0.39 is 6.10 Å². The lowest BCUT2D eigenvalue weighted by molar-refractivity contribution is -0.127. The van der Waals surface area contributed by atoms with Crippen molar-refractivity contribution in [2.24, 2.45) is 7.05 Å². The van der Waals surface area contributed by atoms with E-state index in [-0.39, 0.29) is 24.1 Å². The number of aromatic nitrogens is 3. The molecule has 174 valence electrons. The Morgan fingerprint density at radius 2 is 1.82 bits per heavy atom. The van der Waals surface area contributed by atoms with Crippen LogP contribution in [0.25, 0.3) is 0 Å². The maximum absolute atomic E-state index is 12.4. The molecular formula is C23H26ClN5O3S. The smallest absolute Gasteiger partial charge is 0.261 e. The summed E-state index contributed by atoms with van der Waals surface area (Å²) in [5.41, 5.74) is 1.88. The molecule has 10 heteroatoms. The Morgan fingerprint density at radius 1 is 1.12 bits per heavy atom. The highest BCUT2D eigenvalue weighted by molar-refractivity contribution is 7.99. The minimum Gasteiger partial charge on any atom is -0.481 e. The number of benzene rings is 2. The average molecular weight is 488 g/mol. The van der Waals surface area contributed by atoms with Crippen molar-refractivity contribution >= 4 is 40.9 Å². The van der Waals surface area contributed by atoms with Gasteiger partial charge in [-0.15, -0.1) is 10.2 Å². The van der Waals surface area contributed by atoms with E-state index in [1.807, 2.05) is 24.3 Å². The predicted octanol–water partition coefficient (Wildman–Crippen LogP) is 3.85. The number of nitrogens with one attached hydrogen (secondary N) is 2. The van der Waals surface area contributed by atoms with Crippen molar-refractivity contribution in [2.45, 2.75) is 38.1 Å². The van der Waals surface area contributed by atoms with Crippen LogP contribution >= 0.6 is 23.4 Å². The van der Waals surface area contributed by atoms with Crippen LogP contribution in [0.4, 0.5) is 5.69 Å². The van der Waals surface area contributed by atoms with Gasteiger partial charge in [0.15, 0.2) is 17.1 Å². The number of rotatable bonds is 10. The van der Waals surface area contributed by atoms with Crippen molar-refractivity contribution in [3.63, 3.8) is 0 Å². The third-order valence-electron chi connectivity index (χ3n) is 4.82. The van der Waals surface area contributed by atoms with Crippen LogP contribution in [0.15, 0.2) is 53.7 Å². The second kappa shape index (κ2) is 11.7. The third-order valence-corrected chi connectivity index (χ3v) is 6.09. The van der Waals surface area contributed by atoms with Crippen LogP contribution in [0.1, 0.15) is 25.2 Å². The van der Waals surface area contributed by atoms with Gasteiger partial charge < -0.3 is 19.9 Å². The monoisotopic (exact) mass is 487 g/mol. The molecule has 33 heavy (non-hydrogen) atoms. The lowest BCUT2D eigenvalue weighted by Gasteiger charge is -2.15. The first-order chi connectivity index (χ1) is 15.9. The second-order valence-corrected chi connectivity index (χ2v) is 8.66. The lowest BCUT2D eigenvalue weighted by atomic mass is 10.2. The van der Waals surface area contributed by atoms with Gasteiger partial charge in [-0.2, -0.15) is 0 Å². The van der Waals surface area contributed by atoms with Gasteiger partial charge in [0.05, 0.1) is 12.3 Å². The Kier molecular flexibility index (Phi) is 8.73. The number of carbonyl (C=O) groups is 2. The van der Waals surface area contributed by atoms with E-state index in [2.05, 4.69) is 27.8 Å². The number of aryl methyl sites for hydroxylation is 1. The molecule has 0 saturated heterocycles. The summed E-state index contributed by atoms with van der Waals surface area (Å²) in [5.74, 6) is 0.961. The highest BCUT2D eigenvalue weighted by Gasteiger charge is 2.17. The summed E-state index contributed by atoms with van der Waals surface area (Å²) in [6.45, 7) is 3.97. The third kappa shape index (κ3) is 7.23. The van der Waals surface area contributed by atoms with Crippen LogP contribution < -0.4 is 15.4 Å². The normalized spacial score (nSPS) is 11.6. The maximum Gasteiger partial charge on any atom is 0.261 e. The van der Waals surface area contributed by atoms with Gasteiger partial charge in [0, 0.05) is 17.8 Å². The van der Waals surface area contributed by atoms with Gasteiger partial charge in [0.1, 0.15) is 5.75 Å². The molecule has 2 amide bonds. The molecular weight excluding hydrogens is 462 g/mol. The molecule has 0 unspecified atom stereocenters. The van der Waals surface area contributed by atoms with Crippen LogP contribution in [0, 0.1) is 0 Å². The van der Waals surface area contributed by atoms with Gasteiger partial charge in [-0.1, -0.05) is 42.4 Å². The van der Waals surface area contributed by atoms with Gasteiger partial charge in [-0.3, -0.25) is 9.59 Å². The summed E-state index contributed by atoms with van der Waals surface area (Å²) in [5, 5.41) is 15.0. The van der Waals surface area contributed by atoms with E-state index in [0.29, 0.717) is 27.4 Å². The minimum absolute atomic E-state index is 0.168. The largest absolute Gasteiger partial charge is 0.481 e. The molecule has 2 N–H and O–H groups in total. The van der Waals surface area contributed by atoms with Crippen molar-refractivity contribution in [3.8, 4) is 5.75 Å². The van der Waals surface area contributed by atoms with Crippen molar-refractivity contribution in [3.05, 3.63) is 64.9 Å². The Labute approximate surface area is 202 Å². The number of nitrogens with zero attached hydrogens (tertiary/aromatic N) is 3. The van der Waals surface area contributed by atoms with E-state index >= 15 is 0 Å². The molecule has 3 aromatic rings. The molecule has 0 spiro atoms. The molecule has 0 radical (unpaired) electrons. The van der Waals surface area contributed by atoms with E-state index in [1.54, 1.807) is 42.8 Å². The standard InChI is InChI=1S/C23H26ClN5O3S/c1-4-16-5-11-19(12-6-16)32-15(2)22(31)25-13-20-27-28-23(29(20)3)33-14-21(30)26-18-9-7-17(24)8-10-18/h5-12,15H,4,13-14H2,1-3H3,(H,25,31)(H,26,30)/t15-/m1/s1. The van der Waals surface area contributed by atoms with Crippen LogP contribution in [0.2, 0.25) is 5.02 Å². The highest BCUT2D eigenvalue weighted by Crippen LogP contribution is 2.18. The molecule has 0 aliphatic carbocycles. The fraction of sp³-hybridized carbons (Fsp3) is 0.304. The number of hydrogen-bond acceptors (Lipinski definition) is 6. The number of carbonyl (C=O) groups excluding carboxylic acids is 2. The van der Waals surface area contributed by atoms with Crippen LogP contribution in [-0.2, 0) is 29.6 Å².